The monoisotopic (exact) mass is 340 g/mol. The van der Waals surface area contributed by atoms with E-state index in [1.165, 1.54) is 12.3 Å². The molecule has 0 spiro atoms. The van der Waals surface area contributed by atoms with Crippen molar-refractivity contribution in [1.29, 1.82) is 0 Å². The summed E-state index contributed by atoms with van der Waals surface area (Å²) in [6.45, 7) is 2.25. The Morgan fingerprint density at radius 1 is 1.20 bits per heavy atom. The lowest BCUT2D eigenvalue weighted by molar-refractivity contribution is -0.140. The quantitative estimate of drug-likeness (QED) is 0.518. The van der Waals surface area contributed by atoms with Gasteiger partial charge in [-0.15, -0.1) is 0 Å². The number of phenols is 1. The van der Waals surface area contributed by atoms with Gasteiger partial charge in [0.2, 0.25) is 0 Å². The smallest absolute Gasteiger partial charge is 0.254 e. The molecule has 6 heteroatoms. The molecular weight excluding hydrogens is 320 g/mol. The van der Waals surface area contributed by atoms with Crippen LogP contribution in [0.1, 0.15) is 25.3 Å². The maximum Gasteiger partial charge on any atom is 0.254 e. The molecule has 2 amide bonds. The SMILES string of the molecule is CCOc1cc(/C=N/N2C(=O)[C@@H]3[C@@H](C2=O)[C@H]2C=C[C@H]3CC2)ccc1O. The second-order valence-corrected chi connectivity index (χ2v) is 6.73. The van der Waals surface area contributed by atoms with Crippen LogP contribution in [0.25, 0.3) is 0 Å². The molecule has 3 aliphatic carbocycles. The van der Waals surface area contributed by atoms with Crippen LogP contribution in [-0.4, -0.2) is 34.8 Å². The number of ether oxygens (including phenoxy) is 1. The van der Waals surface area contributed by atoms with Gasteiger partial charge in [-0.2, -0.15) is 10.1 Å². The van der Waals surface area contributed by atoms with Crippen LogP contribution >= 0.6 is 0 Å². The lowest BCUT2D eigenvalue weighted by Gasteiger charge is -2.37. The van der Waals surface area contributed by atoms with Gasteiger partial charge < -0.3 is 9.84 Å². The average molecular weight is 340 g/mol. The summed E-state index contributed by atoms with van der Waals surface area (Å²) < 4.78 is 5.34. The Morgan fingerprint density at radius 2 is 1.84 bits per heavy atom. The maximum absolute atomic E-state index is 12.7. The fourth-order valence-electron chi connectivity index (χ4n) is 4.18. The van der Waals surface area contributed by atoms with Crippen molar-refractivity contribution in [3.8, 4) is 11.5 Å². The van der Waals surface area contributed by atoms with E-state index in [1.54, 1.807) is 12.1 Å². The summed E-state index contributed by atoms with van der Waals surface area (Å²) in [5.41, 5.74) is 0.651. The van der Waals surface area contributed by atoms with E-state index >= 15 is 0 Å². The molecular formula is C19H20N2O4. The van der Waals surface area contributed by atoms with E-state index in [2.05, 4.69) is 17.3 Å². The summed E-state index contributed by atoms with van der Waals surface area (Å²) in [5, 5.41) is 14.9. The van der Waals surface area contributed by atoms with Crippen molar-refractivity contribution >= 4 is 18.0 Å². The molecule has 2 fully saturated rings. The van der Waals surface area contributed by atoms with E-state index in [4.69, 9.17) is 4.74 Å². The van der Waals surface area contributed by atoms with Crippen molar-refractivity contribution in [2.75, 3.05) is 6.61 Å². The number of hydrogen-bond acceptors (Lipinski definition) is 5. The van der Waals surface area contributed by atoms with Gasteiger partial charge in [0.05, 0.1) is 24.7 Å². The average Bonchev–Trinajstić information content (AvgIpc) is 2.90. The Kier molecular flexibility index (Phi) is 3.82. The van der Waals surface area contributed by atoms with Crippen LogP contribution in [0.5, 0.6) is 11.5 Å². The summed E-state index contributed by atoms with van der Waals surface area (Å²) in [6.07, 6.45) is 7.57. The van der Waals surface area contributed by atoms with Gasteiger partial charge in [-0.3, -0.25) is 9.59 Å². The zero-order valence-electron chi connectivity index (χ0n) is 14.0. The molecule has 4 aliphatic rings. The van der Waals surface area contributed by atoms with E-state index in [0.717, 1.165) is 17.9 Å². The number of imide groups is 1. The summed E-state index contributed by atoms with van der Waals surface area (Å²) in [7, 11) is 0. The molecule has 1 aromatic carbocycles. The maximum atomic E-state index is 12.7. The number of carbonyl (C=O) groups excluding carboxylic acids is 2. The zero-order valence-corrected chi connectivity index (χ0v) is 14.0. The fraction of sp³-hybridized carbons (Fsp3) is 0.421. The van der Waals surface area contributed by atoms with Gasteiger partial charge in [-0.1, -0.05) is 12.2 Å². The lowest BCUT2D eigenvalue weighted by Crippen LogP contribution is -2.38. The number of allylic oxidation sites excluding steroid dienone is 2. The summed E-state index contributed by atoms with van der Waals surface area (Å²) in [4.78, 5) is 25.4. The molecule has 2 bridgehead atoms. The van der Waals surface area contributed by atoms with Crippen LogP contribution in [0.3, 0.4) is 0 Å². The number of rotatable bonds is 4. The van der Waals surface area contributed by atoms with Gasteiger partial charge in [0.1, 0.15) is 0 Å². The number of hydrogen-bond donors (Lipinski definition) is 1. The predicted molar refractivity (Wildman–Crippen MR) is 91.1 cm³/mol. The van der Waals surface area contributed by atoms with Gasteiger partial charge in [0.15, 0.2) is 11.5 Å². The summed E-state index contributed by atoms with van der Waals surface area (Å²) in [5.74, 6) is -0.209. The number of nitrogens with zero attached hydrogens (tertiary/aromatic N) is 2. The van der Waals surface area contributed by atoms with Gasteiger partial charge >= 0.3 is 0 Å². The molecule has 5 rings (SSSR count). The minimum absolute atomic E-state index is 0.0426. The van der Waals surface area contributed by atoms with Crippen molar-refractivity contribution < 1.29 is 19.4 Å². The first-order valence-corrected chi connectivity index (χ1v) is 8.66. The molecule has 1 aliphatic heterocycles. The Balaban J connectivity index is 1.57. The molecule has 1 saturated carbocycles. The zero-order chi connectivity index (χ0) is 17.6. The van der Waals surface area contributed by atoms with Crippen molar-refractivity contribution in [3.63, 3.8) is 0 Å². The van der Waals surface area contributed by atoms with Gasteiger partial charge in [0, 0.05) is 0 Å². The normalized spacial score (nSPS) is 30.4. The summed E-state index contributed by atoms with van der Waals surface area (Å²) in [6, 6.07) is 4.79. The predicted octanol–water partition coefficient (Wildman–Crippen LogP) is 2.32. The number of phenolic OH excluding ortho intramolecular Hbond substituents is 1. The number of fused-ring (bicyclic) bond motifs is 1. The van der Waals surface area contributed by atoms with Crippen LogP contribution < -0.4 is 4.74 Å². The molecule has 6 nitrogen and oxygen atoms in total. The molecule has 0 unspecified atom stereocenters. The van der Waals surface area contributed by atoms with Crippen LogP contribution in [0, 0.1) is 23.7 Å². The number of hydrazone groups is 1. The molecule has 1 N–H and O–H groups in total. The number of benzene rings is 1. The first kappa shape index (κ1) is 15.9. The standard InChI is InChI=1S/C19H20N2O4/c1-2-25-15-9-11(3-8-14(15)22)10-20-21-18(23)16-12-4-5-13(7-6-12)17(16)19(21)24/h3-5,8-10,12-13,16-17,22H,2,6-7H2,1H3/b20-10+/t12-,13-,16-,17-/m0/s1. The first-order chi connectivity index (χ1) is 12.1. The number of amides is 2. The Hall–Kier alpha value is -2.63. The van der Waals surface area contributed by atoms with Crippen LogP contribution in [-0.2, 0) is 9.59 Å². The Bertz CT molecular complexity index is 754. The van der Waals surface area contributed by atoms with Gasteiger partial charge in [-0.25, -0.2) is 0 Å². The molecule has 1 saturated heterocycles. The molecule has 25 heavy (non-hydrogen) atoms. The number of carbonyl (C=O) groups is 2. The van der Waals surface area contributed by atoms with Crippen molar-refractivity contribution in [3.05, 3.63) is 35.9 Å². The highest BCUT2D eigenvalue weighted by Crippen LogP contribution is 2.49. The second-order valence-electron chi connectivity index (χ2n) is 6.73. The first-order valence-electron chi connectivity index (χ1n) is 8.66. The molecule has 130 valence electrons. The molecule has 1 aromatic rings. The fourth-order valence-corrected chi connectivity index (χ4v) is 4.18. The molecule has 4 atom stereocenters. The third kappa shape index (κ3) is 2.52. The topological polar surface area (TPSA) is 79.2 Å². The third-order valence-electron chi connectivity index (χ3n) is 5.34. The van der Waals surface area contributed by atoms with E-state index in [1.807, 2.05) is 6.92 Å². The molecule has 0 aromatic heterocycles. The highest BCUT2D eigenvalue weighted by atomic mass is 16.5. The molecule has 1 heterocycles. The largest absolute Gasteiger partial charge is 0.504 e. The van der Waals surface area contributed by atoms with Crippen molar-refractivity contribution in [2.24, 2.45) is 28.8 Å². The van der Waals surface area contributed by atoms with Crippen molar-refractivity contribution in [1.82, 2.24) is 5.01 Å². The van der Waals surface area contributed by atoms with Gasteiger partial charge in [-0.05, 0) is 55.4 Å². The third-order valence-corrected chi connectivity index (χ3v) is 5.34. The van der Waals surface area contributed by atoms with E-state index in [0.29, 0.717) is 17.9 Å². The highest BCUT2D eigenvalue weighted by Gasteiger charge is 2.56. The second kappa shape index (κ2) is 6.02. The van der Waals surface area contributed by atoms with Crippen molar-refractivity contribution in [2.45, 2.75) is 19.8 Å². The van der Waals surface area contributed by atoms with E-state index in [9.17, 15) is 14.7 Å². The highest BCUT2D eigenvalue weighted by molar-refractivity contribution is 6.06. The van der Waals surface area contributed by atoms with Crippen LogP contribution in [0.2, 0.25) is 0 Å². The molecule has 0 radical (unpaired) electrons. The Labute approximate surface area is 145 Å². The summed E-state index contributed by atoms with van der Waals surface area (Å²) >= 11 is 0. The van der Waals surface area contributed by atoms with Crippen LogP contribution in [0.15, 0.2) is 35.5 Å². The lowest BCUT2D eigenvalue weighted by atomic mass is 9.63. The van der Waals surface area contributed by atoms with E-state index in [-0.39, 0.29) is 41.2 Å². The minimum atomic E-state index is -0.257. The van der Waals surface area contributed by atoms with Crippen LogP contribution in [0.4, 0.5) is 0 Å². The Morgan fingerprint density at radius 3 is 2.40 bits per heavy atom. The number of aromatic hydroxyl groups is 1. The van der Waals surface area contributed by atoms with E-state index < -0.39 is 0 Å². The minimum Gasteiger partial charge on any atom is -0.504 e. The van der Waals surface area contributed by atoms with Gasteiger partial charge in [0.25, 0.3) is 11.8 Å².